The Bertz CT molecular complexity index is 944. The van der Waals surface area contributed by atoms with Crippen molar-refractivity contribution in [2.24, 2.45) is 4.99 Å². The molecule has 4 nitrogen and oxygen atoms in total. The number of rotatable bonds is 8. The molecule has 0 aromatic heterocycles. The van der Waals surface area contributed by atoms with E-state index >= 15 is 0 Å². The standard InChI is InChI=1S/C26H33N3O/c1-5-10-23-28-20(4)24(25(29-23)22-17-18(2)14-15-19(22)3)26(30)27-16-9-13-21-11-7-6-8-12-21/h6-8,11-12,14-15,17,20H,5,9-10,13,16H2,1-4H3,(H,27,30)(H,28,29). The monoisotopic (exact) mass is 403 g/mol. The van der Waals surface area contributed by atoms with Gasteiger partial charge >= 0.3 is 0 Å². The molecule has 3 rings (SSSR count). The smallest absolute Gasteiger partial charge is 0.251 e. The van der Waals surface area contributed by atoms with Crippen molar-refractivity contribution < 1.29 is 4.79 Å². The number of carbonyl (C=O) groups is 1. The van der Waals surface area contributed by atoms with Crippen LogP contribution < -0.4 is 10.6 Å². The number of amides is 1. The van der Waals surface area contributed by atoms with Crippen LogP contribution in [0.5, 0.6) is 0 Å². The Morgan fingerprint density at radius 1 is 1.10 bits per heavy atom. The second kappa shape index (κ2) is 10.2. The molecule has 0 fully saturated rings. The molecule has 158 valence electrons. The van der Waals surface area contributed by atoms with E-state index in [1.165, 1.54) is 11.1 Å². The van der Waals surface area contributed by atoms with Gasteiger partial charge in [0.15, 0.2) is 0 Å². The van der Waals surface area contributed by atoms with Crippen LogP contribution in [0.3, 0.4) is 0 Å². The van der Waals surface area contributed by atoms with Crippen molar-refractivity contribution in [1.82, 2.24) is 10.6 Å². The summed E-state index contributed by atoms with van der Waals surface area (Å²) >= 11 is 0. The first-order chi connectivity index (χ1) is 14.5. The van der Waals surface area contributed by atoms with Crippen LogP contribution in [0.4, 0.5) is 0 Å². The fraction of sp³-hybridized carbons (Fsp3) is 0.385. The second-order valence-electron chi connectivity index (χ2n) is 8.08. The maximum absolute atomic E-state index is 13.2. The van der Waals surface area contributed by atoms with Gasteiger partial charge in [-0.3, -0.25) is 9.79 Å². The van der Waals surface area contributed by atoms with Gasteiger partial charge in [0, 0.05) is 18.5 Å². The molecule has 4 heteroatoms. The van der Waals surface area contributed by atoms with Crippen LogP contribution in [0.1, 0.15) is 55.4 Å². The number of amidine groups is 1. The Labute approximate surface area is 180 Å². The zero-order chi connectivity index (χ0) is 21.5. The van der Waals surface area contributed by atoms with Crippen molar-refractivity contribution in [2.45, 2.75) is 59.4 Å². The molecule has 2 aromatic carbocycles. The molecule has 2 N–H and O–H groups in total. The predicted molar refractivity (Wildman–Crippen MR) is 126 cm³/mol. The quantitative estimate of drug-likeness (QED) is 0.613. The Hall–Kier alpha value is -2.88. The highest BCUT2D eigenvalue weighted by Gasteiger charge is 2.27. The second-order valence-corrected chi connectivity index (χ2v) is 8.08. The highest BCUT2D eigenvalue weighted by atomic mass is 16.1. The van der Waals surface area contributed by atoms with Gasteiger partial charge in [0.05, 0.1) is 17.3 Å². The van der Waals surface area contributed by atoms with Gasteiger partial charge in [0.2, 0.25) is 0 Å². The Morgan fingerprint density at radius 3 is 2.60 bits per heavy atom. The zero-order valence-electron chi connectivity index (χ0n) is 18.6. The van der Waals surface area contributed by atoms with Crippen LogP contribution in [0.25, 0.3) is 5.70 Å². The van der Waals surface area contributed by atoms with Gasteiger partial charge in [0.1, 0.15) is 5.84 Å². The van der Waals surface area contributed by atoms with Gasteiger partial charge < -0.3 is 10.6 Å². The first-order valence-corrected chi connectivity index (χ1v) is 11.0. The SMILES string of the molecule is CCCC1=NC(C)C(C(=O)NCCCc2ccccc2)=C(c2cc(C)ccc2C)N1. The Kier molecular flexibility index (Phi) is 7.45. The molecule has 0 radical (unpaired) electrons. The van der Waals surface area contributed by atoms with E-state index in [0.717, 1.165) is 53.9 Å². The summed E-state index contributed by atoms with van der Waals surface area (Å²) in [4.78, 5) is 18.0. The van der Waals surface area contributed by atoms with Gasteiger partial charge in [-0.15, -0.1) is 0 Å². The number of benzene rings is 2. The normalized spacial score (nSPS) is 16.1. The minimum atomic E-state index is -0.170. The lowest BCUT2D eigenvalue weighted by molar-refractivity contribution is -0.117. The summed E-state index contributed by atoms with van der Waals surface area (Å²) in [5, 5.41) is 6.61. The fourth-order valence-electron chi connectivity index (χ4n) is 3.87. The molecule has 1 atom stereocenters. The first kappa shape index (κ1) is 21.8. The third-order valence-corrected chi connectivity index (χ3v) is 5.47. The molecule has 1 aliphatic heterocycles. The first-order valence-electron chi connectivity index (χ1n) is 11.0. The topological polar surface area (TPSA) is 53.5 Å². The summed E-state index contributed by atoms with van der Waals surface area (Å²) < 4.78 is 0. The molecule has 1 amide bonds. The summed E-state index contributed by atoms with van der Waals surface area (Å²) in [6, 6.07) is 16.6. The highest BCUT2D eigenvalue weighted by Crippen LogP contribution is 2.27. The summed E-state index contributed by atoms with van der Waals surface area (Å²) in [7, 11) is 0. The van der Waals surface area contributed by atoms with Crippen LogP contribution >= 0.6 is 0 Å². The lowest BCUT2D eigenvalue weighted by atomic mass is 9.94. The predicted octanol–water partition coefficient (Wildman–Crippen LogP) is 4.95. The van der Waals surface area contributed by atoms with E-state index in [2.05, 4.69) is 73.9 Å². The number of aryl methyl sites for hydroxylation is 3. The van der Waals surface area contributed by atoms with Crippen molar-refractivity contribution in [2.75, 3.05) is 6.54 Å². The van der Waals surface area contributed by atoms with E-state index in [9.17, 15) is 4.79 Å². The average molecular weight is 404 g/mol. The van der Waals surface area contributed by atoms with E-state index in [1.54, 1.807) is 0 Å². The third kappa shape index (κ3) is 5.38. The summed E-state index contributed by atoms with van der Waals surface area (Å²) in [5.74, 6) is 0.930. The highest BCUT2D eigenvalue weighted by molar-refractivity contribution is 6.07. The molecule has 0 spiro atoms. The van der Waals surface area contributed by atoms with E-state index in [-0.39, 0.29) is 11.9 Å². The summed E-state index contributed by atoms with van der Waals surface area (Å²) in [5.41, 5.74) is 6.34. The van der Waals surface area contributed by atoms with Gasteiger partial charge in [-0.2, -0.15) is 0 Å². The van der Waals surface area contributed by atoms with Crippen LogP contribution in [0, 0.1) is 13.8 Å². The maximum atomic E-state index is 13.2. The minimum Gasteiger partial charge on any atom is -0.352 e. The van der Waals surface area contributed by atoms with Gasteiger partial charge in [-0.05, 0) is 57.2 Å². The number of nitrogens with zero attached hydrogens (tertiary/aromatic N) is 1. The summed E-state index contributed by atoms with van der Waals surface area (Å²) in [6.07, 6.45) is 3.76. The number of aliphatic imine (C=N–C) groups is 1. The molecule has 0 aliphatic carbocycles. The molecule has 0 saturated carbocycles. The Balaban J connectivity index is 1.79. The Morgan fingerprint density at radius 2 is 1.87 bits per heavy atom. The van der Waals surface area contributed by atoms with Crippen molar-refractivity contribution in [3.63, 3.8) is 0 Å². The van der Waals surface area contributed by atoms with Gasteiger partial charge in [-0.1, -0.05) is 55.0 Å². The van der Waals surface area contributed by atoms with Crippen LogP contribution in [0.15, 0.2) is 59.1 Å². The van der Waals surface area contributed by atoms with E-state index in [4.69, 9.17) is 4.99 Å². The summed E-state index contributed by atoms with van der Waals surface area (Å²) in [6.45, 7) is 8.98. The lowest BCUT2D eigenvalue weighted by Gasteiger charge is -2.27. The average Bonchev–Trinajstić information content (AvgIpc) is 2.73. The number of hydrogen-bond donors (Lipinski definition) is 2. The van der Waals surface area contributed by atoms with E-state index in [1.807, 2.05) is 13.0 Å². The van der Waals surface area contributed by atoms with Crippen molar-refractivity contribution in [1.29, 1.82) is 0 Å². The van der Waals surface area contributed by atoms with Crippen LogP contribution in [-0.2, 0) is 11.2 Å². The molecule has 0 saturated heterocycles. The largest absolute Gasteiger partial charge is 0.352 e. The molecule has 1 unspecified atom stereocenters. The fourth-order valence-corrected chi connectivity index (χ4v) is 3.87. The van der Waals surface area contributed by atoms with E-state index < -0.39 is 0 Å². The lowest BCUT2D eigenvalue weighted by Crippen LogP contribution is -2.38. The maximum Gasteiger partial charge on any atom is 0.251 e. The molecule has 30 heavy (non-hydrogen) atoms. The number of nitrogens with one attached hydrogen (secondary N) is 2. The van der Waals surface area contributed by atoms with Crippen molar-refractivity contribution >= 4 is 17.4 Å². The molecule has 2 aromatic rings. The number of carbonyl (C=O) groups excluding carboxylic acids is 1. The molecule has 1 heterocycles. The van der Waals surface area contributed by atoms with E-state index in [0.29, 0.717) is 6.54 Å². The van der Waals surface area contributed by atoms with Crippen LogP contribution in [-0.4, -0.2) is 24.3 Å². The molecule has 1 aliphatic rings. The molecular formula is C26H33N3O. The van der Waals surface area contributed by atoms with Gasteiger partial charge in [0.25, 0.3) is 5.91 Å². The van der Waals surface area contributed by atoms with Crippen LogP contribution in [0.2, 0.25) is 0 Å². The van der Waals surface area contributed by atoms with Gasteiger partial charge in [-0.25, -0.2) is 0 Å². The van der Waals surface area contributed by atoms with Crippen molar-refractivity contribution in [3.8, 4) is 0 Å². The molecule has 0 bridgehead atoms. The third-order valence-electron chi connectivity index (χ3n) is 5.47. The van der Waals surface area contributed by atoms with Crippen molar-refractivity contribution in [3.05, 3.63) is 76.4 Å². The molecular weight excluding hydrogens is 370 g/mol. The zero-order valence-corrected chi connectivity index (χ0v) is 18.6. The number of hydrogen-bond acceptors (Lipinski definition) is 3. The minimum absolute atomic E-state index is 0.0294.